The Labute approximate surface area is 169 Å². The second kappa shape index (κ2) is 8.45. The van der Waals surface area contributed by atoms with Gasteiger partial charge in [-0.1, -0.05) is 22.9 Å². The Hall–Kier alpha value is -3.19. The molecule has 1 aromatic heterocycles. The van der Waals surface area contributed by atoms with Gasteiger partial charge in [0.15, 0.2) is 5.82 Å². The van der Waals surface area contributed by atoms with Crippen LogP contribution < -0.4 is 5.32 Å². The molecule has 2 N–H and O–H groups in total. The van der Waals surface area contributed by atoms with Crippen LogP contribution in [0.25, 0.3) is 11.5 Å². The smallest absolute Gasteiger partial charge is 0.257 e. The van der Waals surface area contributed by atoms with Gasteiger partial charge in [0.25, 0.3) is 5.89 Å². The van der Waals surface area contributed by atoms with Crippen molar-refractivity contribution in [2.75, 3.05) is 18.4 Å². The summed E-state index contributed by atoms with van der Waals surface area (Å²) >= 11 is 0. The molecular formula is C22H24N4O3. The number of nitrogens with one attached hydrogen (secondary N) is 1. The maximum Gasteiger partial charge on any atom is 0.257 e. The average molecular weight is 392 g/mol. The highest BCUT2D eigenvalue weighted by atomic mass is 16.5. The normalized spacial score (nSPS) is 17.2. The Balaban J connectivity index is 1.35. The number of aromatic hydroxyl groups is 1. The van der Waals surface area contributed by atoms with Crippen LogP contribution in [0.3, 0.4) is 0 Å². The first-order valence-electron chi connectivity index (χ1n) is 9.79. The number of rotatable bonds is 5. The van der Waals surface area contributed by atoms with Crippen molar-refractivity contribution in [1.29, 1.82) is 0 Å². The molecule has 29 heavy (non-hydrogen) atoms. The second-order valence-electron chi connectivity index (χ2n) is 7.49. The number of carbonyl (C=O) groups excluding carboxylic acids is 1. The average Bonchev–Trinajstić information content (AvgIpc) is 3.19. The van der Waals surface area contributed by atoms with E-state index in [1.54, 1.807) is 24.3 Å². The lowest BCUT2D eigenvalue weighted by Crippen LogP contribution is -2.40. The van der Waals surface area contributed by atoms with Gasteiger partial charge in [0.1, 0.15) is 5.75 Å². The summed E-state index contributed by atoms with van der Waals surface area (Å²) in [5.41, 5.74) is 2.77. The number of nitrogens with zero attached hydrogens (tertiary/aromatic N) is 3. The minimum atomic E-state index is -0.0963. The van der Waals surface area contributed by atoms with Crippen molar-refractivity contribution in [3.8, 4) is 17.2 Å². The zero-order valence-electron chi connectivity index (χ0n) is 16.3. The first-order chi connectivity index (χ1) is 14.1. The summed E-state index contributed by atoms with van der Waals surface area (Å²) in [5.74, 6) is 1.21. The second-order valence-corrected chi connectivity index (χ2v) is 7.49. The molecule has 0 saturated carbocycles. The number of anilines is 1. The summed E-state index contributed by atoms with van der Waals surface area (Å²) in [7, 11) is 0. The molecule has 3 aromatic rings. The minimum Gasteiger partial charge on any atom is -0.508 e. The van der Waals surface area contributed by atoms with Crippen LogP contribution in [0, 0.1) is 12.8 Å². The number of phenols is 1. The summed E-state index contributed by atoms with van der Waals surface area (Å²) in [6, 6.07) is 14.5. The third kappa shape index (κ3) is 4.81. The Morgan fingerprint density at radius 2 is 1.97 bits per heavy atom. The van der Waals surface area contributed by atoms with Crippen molar-refractivity contribution in [2.45, 2.75) is 26.3 Å². The van der Waals surface area contributed by atoms with E-state index in [9.17, 15) is 9.90 Å². The first-order valence-corrected chi connectivity index (χ1v) is 9.79. The lowest BCUT2D eigenvalue weighted by molar-refractivity contribution is -0.121. The standard InChI is InChI=1S/C22H24N4O3/c1-15-4-6-16(7-5-15)22-24-20(25-29-22)14-26-12-2-3-17(13-26)21(28)23-18-8-10-19(27)11-9-18/h4-11,17,27H,2-3,12-14H2,1H3,(H,23,28). The van der Waals surface area contributed by atoms with Crippen LogP contribution >= 0.6 is 0 Å². The number of phenolic OH excluding ortho intramolecular Hbond substituents is 1. The maximum atomic E-state index is 12.6. The van der Waals surface area contributed by atoms with Gasteiger partial charge in [-0.05, 0) is 62.7 Å². The quantitative estimate of drug-likeness (QED) is 0.645. The monoisotopic (exact) mass is 392 g/mol. The largest absolute Gasteiger partial charge is 0.508 e. The first kappa shape index (κ1) is 19.1. The number of hydrogen-bond acceptors (Lipinski definition) is 6. The number of aryl methyl sites for hydroxylation is 1. The summed E-state index contributed by atoms with van der Waals surface area (Å²) in [4.78, 5) is 19.3. The van der Waals surface area contributed by atoms with E-state index in [2.05, 4.69) is 20.4 Å². The summed E-state index contributed by atoms with van der Waals surface area (Å²) in [6.45, 7) is 4.14. The van der Waals surface area contributed by atoms with Gasteiger partial charge in [0.05, 0.1) is 12.5 Å². The minimum absolute atomic E-state index is 0.00570. The highest BCUT2D eigenvalue weighted by Crippen LogP contribution is 2.22. The highest BCUT2D eigenvalue weighted by Gasteiger charge is 2.27. The summed E-state index contributed by atoms with van der Waals surface area (Å²) in [6.07, 6.45) is 1.79. The zero-order valence-corrected chi connectivity index (χ0v) is 16.3. The molecule has 1 atom stereocenters. The fourth-order valence-electron chi connectivity index (χ4n) is 3.53. The molecule has 1 aliphatic heterocycles. The SMILES string of the molecule is Cc1ccc(-c2nc(CN3CCCC(C(=O)Nc4ccc(O)cc4)C3)no2)cc1. The molecule has 7 heteroatoms. The number of carbonyl (C=O) groups is 1. The van der Waals surface area contributed by atoms with E-state index in [1.165, 1.54) is 5.56 Å². The van der Waals surface area contributed by atoms with Crippen molar-refractivity contribution < 1.29 is 14.4 Å². The lowest BCUT2D eigenvalue weighted by atomic mass is 9.97. The van der Waals surface area contributed by atoms with E-state index in [1.807, 2.05) is 31.2 Å². The molecule has 2 heterocycles. The van der Waals surface area contributed by atoms with E-state index in [4.69, 9.17) is 4.52 Å². The molecule has 1 unspecified atom stereocenters. The van der Waals surface area contributed by atoms with Gasteiger partial charge in [-0.25, -0.2) is 0 Å². The van der Waals surface area contributed by atoms with E-state index in [0.29, 0.717) is 30.5 Å². The molecule has 0 aliphatic carbocycles. The van der Waals surface area contributed by atoms with Crippen molar-refractivity contribution in [3.05, 3.63) is 59.9 Å². The van der Waals surface area contributed by atoms with Crippen LogP contribution in [0.1, 0.15) is 24.2 Å². The van der Waals surface area contributed by atoms with Crippen LogP contribution in [0.4, 0.5) is 5.69 Å². The molecule has 150 valence electrons. The van der Waals surface area contributed by atoms with Crippen LogP contribution in [-0.4, -0.2) is 39.1 Å². The zero-order chi connectivity index (χ0) is 20.2. The van der Waals surface area contributed by atoms with Crippen LogP contribution in [-0.2, 0) is 11.3 Å². The Morgan fingerprint density at radius 3 is 2.72 bits per heavy atom. The number of likely N-dealkylation sites (tertiary alicyclic amines) is 1. The molecule has 0 radical (unpaired) electrons. The molecule has 0 spiro atoms. The molecule has 1 fully saturated rings. The van der Waals surface area contributed by atoms with Gasteiger partial charge < -0.3 is 14.9 Å². The fourth-order valence-corrected chi connectivity index (χ4v) is 3.53. The van der Waals surface area contributed by atoms with E-state index in [-0.39, 0.29) is 17.6 Å². The summed E-state index contributed by atoms with van der Waals surface area (Å²) in [5, 5.41) is 16.4. The molecule has 0 bridgehead atoms. The highest BCUT2D eigenvalue weighted by molar-refractivity contribution is 5.92. The van der Waals surface area contributed by atoms with Crippen LogP contribution in [0.5, 0.6) is 5.75 Å². The van der Waals surface area contributed by atoms with E-state index in [0.717, 1.165) is 24.9 Å². The number of amides is 1. The third-order valence-electron chi connectivity index (χ3n) is 5.14. The molecule has 2 aromatic carbocycles. The van der Waals surface area contributed by atoms with Crippen molar-refractivity contribution in [3.63, 3.8) is 0 Å². The number of piperidine rings is 1. The number of hydrogen-bond donors (Lipinski definition) is 2. The number of benzene rings is 2. The molecule has 1 saturated heterocycles. The third-order valence-corrected chi connectivity index (χ3v) is 5.14. The molecule has 1 amide bonds. The Morgan fingerprint density at radius 1 is 1.21 bits per heavy atom. The van der Waals surface area contributed by atoms with E-state index >= 15 is 0 Å². The van der Waals surface area contributed by atoms with Gasteiger partial charge in [0.2, 0.25) is 5.91 Å². The fraction of sp³-hybridized carbons (Fsp3) is 0.318. The molecule has 1 aliphatic rings. The molecule has 4 rings (SSSR count). The maximum absolute atomic E-state index is 12.6. The lowest BCUT2D eigenvalue weighted by Gasteiger charge is -2.31. The Bertz CT molecular complexity index is 966. The van der Waals surface area contributed by atoms with Crippen molar-refractivity contribution >= 4 is 11.6 Å². The number of aromatic nitrogens is 2. The van der Waals surface area contributed by atoms with Gasteiger partial charge in [-0.2, -0.15) is 4.98 Å². The van der Waals surface area contributed by atoms with Crippen molar-refractivity contribution in [2.24, 2.45) is 5.92 Å². The molecular weight excluding hydrogens is 368 g/mol. The Kier molecular flexibility index (Phi) is 5.57. The topological polar surface area (TPSA) is 91.5 Å². The predicted octanol–water partition coefficient (Wildman–Crippen LogP) is 3.60. The predicted molar refractivity (Wildman–Crippen MR) is 109 cm³/mol. The van der Waals surface area contributed by atoms with Gasteiger partial charge in [-0.15, -0.1) is 0 Å². The van der Waals surface area contributed by atoms with Crippen LogP contribution in [0.15, 0.2) is 53.1 Å². The summed E-state index contributed by atoms with van der Waals surface area (Å²) < 4.78 is 5.41. The van der Waals surface area contributed by atoms with Gasteiger partial charge >= 0.3 is 0 Å². The van der Waals surface area contributed by atoms with E-state index < -0.39 is 0 Å². The van der Waals surface area contributed by atoms with Gasteiger partial charge in [0, 0.05) is 17.8 Å². The van der Waals surface area contributed by atoms with Gasteiger partial charge in [-0.3, -0.25) is 9.69 Å². The van der Waals surface area contributed by atoms with Crippen molar-refractivity contribution in [1.82, 2.24) is 15.0 Å². The van der Waals surface area contributed by atoms with Crippen LogP contribution in [0.2, 0.25) is 0 Å². The molecule has 7 nitrogen and oxygen atoms in total.